The van der Waals surface area contributed by atoms with Crippen LogP contribution in [0, 0.1) is 0 Å². The molecule has 174 valence electrons. The molecule has 0 fully saturated rings. The van der Waals surface area contributed by atoms with E-state index in [1.165, 1.54) is 6.07 Å². The topological polar surface area (TPSA) is 41.0 Å². The fraction of sp³-hybridized carbons (Fsp3) is 0.185. The van der Waals surface area contributed by atoms with Crippen LogP contribution < -0.4 is 10.2 Å². The number of aromatic nitrogens is 2. The molecule has 34 heavy (non-hydrogen) atoms. The summed E-state index contributed by atoms with van der Waals surface area (Å²) in [5.74, 6) is 1.11. The molecule has 4 rings (SSSR count). The Balaban J connectivity index is 2.03. The lowest BCUT2D eigenvalue weighted by Crippen LogP contribution is -2.28. The standard InChI is InChI=1S/C27H25F3N4/c1-31-16-17-34(2)26-23(19-10-5-3-6-11-19)24(21-14-9-15-22(18-21)27(28,29)30)32-25(33-26)20-12-7-4-8-13-20/h3-15,18,31H,16-17H2,1-2H3. The molecule has 0 amide bonds. The Labute approximate surface area is 197 Å². The van der Waals surface area contributed by atoms with Crippen molar-refractivity contribution in [3.8, 4) is 33.8 Å². The van der Waals surface area contributed by atoms with E-state index in [9.17, 15) is 13.2 Å². The highest BCUT2D eigenvalue weighted by Gasteiger charge is 2.31. The number of halogens is 3. The first-order chi connectivity index (χ1) is 16.4. The molecule has 0 radical (unpaired) electrons. The third-order valence-electron chi connectivity index (χ3n) is 5.51. The molecule has 1 N–H and O–H groups in total. The maximum Gasteiger partial charge on any atom is 0.416 e. The normalized spacial score (nSPS) is 11.4. The van der Waals surface area contributed by atoms with Gasteiger partial charge in [-0.15, -0.1) is 0 Å². The highest BCUT2D eigenvalue weighted by molar-refractivity contribution is 5.90. The van der Waals surface area contributed by atoms with E-state index in [0.29, 0.717) is 41.6 Å². The lowest BCUT2D eigenvalue weighted by Gasteiger charge is -2.24. The Morgan fingerprint density at radius 3 is 2.03 bits per heavy atom. The third-order valence-corrected chi connectivity index (χ3v) is 5.51. The molecule has 0 aliphatic carbocycles. The van der Waals surface area contributed by atoms with Crippen LogP contribution in [0.5, 0.6) is 0 Å². The maximum atomic E-state index is 13.6. The van der Waals surface area contributed by atoms with Gasteiger partial charge in [0.05, 0.1) is 16.8 Å². The zero-order valence-corrected chi connectivity index (χ0v) is 19.0. The molecule has 0 aliphatic heterocycles. The second-order valence-electron chi connectivity index (χ2n) is 7.93. The van der Waals surface area contributed by atoms with E-state index >= 15 is 0 Å². The minimum absolute atomic E-state index is 0.386. The quantitative estimate of drug-likeness (QED) is 0.358. The van der Waals surface area contributed by atoms with Crippen LogP contribution in [0.2, 0.25) is 0 Å². The average molecular weight is 463 g/mol. The second kappa shape index (κ2) is 10.1. The van der Waals surface area contributed by atoms with Gasteiger partial charge in [0.1, 0.15) is 5.82 Å². The zero-order valence-electron chi connectivity index (χ0n) is 19.0. The largest absolute Gasteiger partial charge is 0.416 e. The molecule has 3 aromatic carbocycles. The predicted octanol–water partition coefficient (Wildman–Crippen LogP) is 6.15. The third kappa shape index (κ3) is 5.10. The molecule has 0 saturated heterocycles. The number of hydrogen-bond donors (Lipinski definition) is 1. The fourth-order valence-corrected chi connectivity index (χ4v) is 3.75. The SMILES string of the molecule is CNCCN(C)c1nc(-c2ccccc2)nc(-c2cccc(C(F)(F)F)c2)c1-c1ccccc1. The summed E-state index contributed by atoms with van der Waals surface area (Å²) in [4.78, 5) is 11.7. The van der Waals surface area contributed by atoms with Gasteiger partial charge >= 0.3 is 6.18 Å². The van der Waals surface area contributed by atoms with Gasteiger partial charge in [-0.05, 0) is 24.7 Å². The summed E-state index contributed by atoms with van der Waals surface area (Å²) in [7, 11) is 3.80. The van der Waals surface area contributed by atoms with Crippen LogP contribution in [0.15, 0.2) is 84.9 Å². The maximum absolute atomic E-state index is 13.6. The van der Waals surface area contributed by atoms with E-state index in [2.05, 4.69) is 5.32 Å². The number of rotatable bonds is 7. The van der Waals surface area contributed by atoms with Crippen molar-refractivity contribution in [3.63, 3.8) is 0 Å². The first kappa shape index (κ1) is 23.4. The van der Waals surface area contributed by atoms with Gasteiger partial charge in [-0.25, -0.2) is 9.97 Å². The monoisotopic (exact) mass is 462 g/mol. The smallest absolute Gasteiger partial charge is 0.358 e. The average Bonchev–Trinajstić information content (AvgIpc) is 2.87. The van der Waals surface area contributed by atoms with Crippen molar-refractivity contribution in [1.82, 2.24) is 15.3 Å². The number of benzene rings is 3. The van der Waals surface area contributed by atoms with Gasteiger partial charge in [0.25, 0.3) is 0 Å². The van der Waals surface area contributed by atoms with Gasteiger partial charge in [-0.1, -0.05) is 72.8 Å². The van der Waals surface area contributed by atoms with E-state index < -0.39 is 11.7 Å². The molecule has 0 atom stereocenters. The van der Waals surface area contributed by atoms with Crippen molar-refractivity contribution in [3.05, 3.63) is 90.5 Å². The second-order valence-corrected chi connectivity index (χ2v) is 7.93. The van der Waals surface area contributed by atoms with Crippen molar-refractivity contribution in [2.45, 2.75) is 6.18 Å². The van der Waals surface area contributed by atoms with Gasteiger partial charge < -0.3 is 10.2 Å². The van der Waals surface area contributed by atoms with E-state index in [1.54, 1.807) is 6.07 Å². The molecule has 4 nitrogen and oxygen atoms in total. The molecule has 7 heteroatoms. The Morgan fingerprint density at radius 1 is 0.794 bits per heavy atom. The molecule has 0 spiro atoms. The summed E-state index contributed by atoms with van der Waals surface area (Å²) in [5, 5.41) is 3.13. The number of nitrogens with zero attached hydrogens (tertiary/aromatic N) is 3. The van der Waals surface area contributed by atoms with E-state index in [0.717, 1.165) is 23.3 Å². The summed E-state index contributed by atoms with van der Waals surface area (Å²) >= 11 is 0. The van der Waals surface area contributed by atoms with Crippen molar-refractivity contribution in [2.75, 3.05) is 32.1 Å². The first-order valence-electron chi connectivity index (χ1n) is 10.9. The molecular weight excluding hydrogens is 437 g/mol. The van der Waals surface area contributed by atoms with Gasteiger partial charge in [-0.3, -0.25) is 0 Å². The van der Waals surface area contributed by atoms with Crippen LogP contribution in [0.4, 0.5) is 19.0 Å². The summed E-state index contributed by atoms with van der Waals surface area (Å²) < 4.78 is 40.7. The van der Waals surface area contributed by atoms with Crippen LogP contribution in [-0.2, 0) is 6.18 Å². The highest BCUT2D eigenvalue weighted by atomic mass is 19.4. The number of alkyl halides is 3. The summed E-state index contributed by atoms with van der Waals surface area (Å²) in [6, 6.07) is 24.3. The van der Waals surface area contributed by atoms with E-state index in [4.69, 9.17) is 9.97 Å². The molecule has 0 saturated carbocycles. The minimum atomic E-state index is -4.45. The van der Waals surface area contributed by atoms with Crippen molar-refractivity contribution < 1.29 is 13.2 Å². The minimum Gasteiger partial charge on any atom is -0.358 e. The number of anilines is 1. The molecular formula is C27H25F3N4. The van der Waals surface area contributed by atoms with Gasteiger partial charge in [0.2, 0.25) is 0 Å². The van der Waals surface area contributed by atoms with Crippen LogP contribution in [-0.4, -0.2) is 37.2 Å². The molecule has 0 bridgehead atoms. The van der Waals surface area contributed by atoms with Crippen molar-refractivity contribution >= 4 is 5.82 Å². The number of hydrogen-bond acceptors (Lipinski definition) is 4. The lowest BCUT2D eigenvalue weighted by molar-refractivity contribution is -0.137. The Morgan fingerprint density at radius 2 is 1.41 bits per heavy atom. The molecule has 1 heterocycles. The number of nitrogens with one attached hydrogen (secondary N) is 1. The Hall–Kier alpha value is -3.71. The van der Waals surface area contributed by atoms with Crippen LogP contribution >= 0.6 is 0 Å². The van der Waals surface area contributed by atoms with Crippen molar-refractivity contribution in [1.29, 1.82) is 0 Å². The van der Waals surface area contributed by atoms with Gasteiger partial charge in [0, 0.05) is 31.3 Å². The highest BCUT2D eigenvalue weighted by Crippen LogP contribution is 2.40. The van der Waals surface area contributed by atoms with E-state index in [1.807, 2.05) is 79.7 Å². The van der Waals surface area contributed by atoms with Crippen LogP contribution in [0.25, 0.3) is 33.8 Å². The number of likely N-dealkylation sites (N-methyl/N-ethyl adjacent to an activating group) is 2. The first-order valence-corrected chi connectivity index (χ1v) is 10.9. The lowest BCUT2D eigenvalue weighted by atomic mass is 9.97. The summed E-state index contributed by atoms with van der Waals surface area (Å²) in [6.45, 7) is 1.37. The van der Waals surface area contributed by atoms with Crippen molar-refractivity contribution in [2.24, 2.45) is 0 Å². The summed E-state index contributed by atoms with van der Waals surface area (Å²) in [5.41, 5.74) is 2.45. The van der Waals surface area contributed by atoms with Crippen LogP contribution in [0.3, 0.4) is 0 Å². The molecule has 0 unspecified atom stereocenters. The molecule has 0 aliphatic rings. The summed E-state index contributed by atoms with van der Waals surface area (Å²) in [6.07, 6.45) is -4.45. The molecule has 4 aromatic rings. The molecule has 1 aromatic heterocycles. The zero-order chi connectivity index (χ0) is 24.1. The van der Waals surface area contributed by atoms with Crippen LogP contribution in [0.1, 0.15) is 5.56 Å². The van der Waals surface area contributed by atoms with Gasteiger partial charge in [-0.2, -0.15) is 13.2 Å². The Bertz CT molecular complexity index is 1240. The fourth-order valence-electron chi connectivity index (χ4n) is 3.75. The Kier molecular flexibility index (Phi) is 6.93. The van der Waals surface area contributed by atoms with E-state index in [-0.39, 0.29) is 0 Å². The predicted molar refractivity (Wildman–Crippen MR) is 131 cm³/mol. The van der Waals surface area contributed by atoms with Gasteiger partial charge in [0.15, 0.2) is 5.82 Å².